The normalized spacial score (nSPS) is 10.9. The minimum atomic E-state index is 0.136. The molecule has 0 radical (unpaired) electrons. The number of para-hydroxylation sites is 1. The molecule has 0 bridgehead atoms. The number of rotatable bonds is 7. The number of hydrogen-bond donors (Lipinski definition) is 1. The van der Waals surface area contributed by atoms with Crippen LogP contribution in [0, 0.1) is 0 Å². The second-order valence-corrected chi connectivity index (χ2v) is 7.18. The van der Waals surface area contributed by atoms with Gasteiger partial charge in [0.2, 0.25) is 0 Å². The van der Waals surface area contributed by atoms with Gasteiger partial charge < -0.3 is 14.8 Å². The number of halogens is 2. The maximum Gasteiger partial charge on any atom is 0.148 e. The second-order valence-electron chi connectivity index (χ2n) is 5.47. The minimum absolute atomic E-state index is 0.136. The lowest BCUT2D eigenvalue weighted by molar-refractivity contribution is 0.239. The number of methoxy groups -OCH3 is 1. The van der Waals surface area contributed by atoms with Crippen molar-refractivity contribution < 1.29 is 9.47 Å². The summed E-state index contributed by atoms with van der Waals surface area (Å²) in [5.41, 5.74) is 2.32. The molecular formula is C18H21Br2NO2. The fourth-order valence-corrected chi connectivity index (χ4v) is 3.72. The average molecular weight is 443 g/mol. The molecule has 2 rings (SSSR count). The third-order valence-electron chi connectivity index (χ3n) is 3.25. The van der Waals surface area contributed by atoms with Crippen molar-refractivity contribution in [1.29, 1.82) is 0 Å². The maximum absolute atomic E-state index is 5.80. The second kappa shape index (κ2) is 8.71. The molecule has 0 aromatic heterocycles. The highest BCUT2D eigenvalue weighted by Gasteiger charge is 2.10. The van der Waals surface area contributed by atoms with E-state index in [0.717, 1.165) is 39.1 Å². The summed E-state index contributed by atoms with van der Waals surface area (Å²) in [5.74, 6) is 1.75. The first kappa shape index (κ1) is 18.3. The molecule has 2 aromatic carbocycles. The summed E-state index contributed by atoms with van der Waals surface area (Å²) >= 11 is 7.17. The fraction of sp³-hybridized carbons (Fsp3) is 0.333. The molecule has 5 heteroatoms. The van der Waals surface area contributed by atoms with Crippen LogP contribution in [0.1, 0.15) is 25.0 Å². The Balaban J connectivity index is 2.01. The van der Waals surface area contributed by atoms with Crippen molar-refractivity contribution in [3.63, 3.8) is 0 Å². The zero-order valence-electron chi connectivity index (χ0n) is 13.5. The summed E-state index contributed by atoms with van der Waals surface area (Å²) in [5, 5.41) is 3.44. The molecule has 0 unspecified atom stereocenters. The number of hydrogen-bond acceptors (Lipinski definition) is 3. The van der Waals surface area contributed by atoms with Crippen molar-refractivity contribution >= 4 is 31.9 Å². The van der Waals surface area contributed by atoms with Crippen LogP contribution in [0.4, 0.5) is 0 Å². The Hall–Kier alpha value is -1.04. The maximum atomic E-state index is 5.80. The first-order valence-electron chi connectivity index (χ1n) is 7.48. The van der Waals surface area contributed by atoms with Crippen molar-refractivity contribution in [3.8, 4) is 11.5 Å². The van der Waals surface area contributed by atoms with Gasteiger partial charge in [-0.2, -0.15) is 0 Å². The Morgan fingerprint density at radius 1 is 1.04 bits per heavy atom. The van der Waals surface area contributed by atoms with E-state index in [-0.39, 0.29) is 6.10 Å². The molecule has 0 aliphatic heterocycles. The van der Waals surface area contributed by atoms with E-state index in [1.54, 1.807) is 7.11 Å². The quantitative estimate of drug-likeness (QED) is 0.631. The largest absolute Gasteiger partial charge is 0.496 e. The van der Waals surface area contributed by atoms with Crippen LogP contribution in [0.3, 0.4) is 0 Å². The molecule has 0 heterocycles. The Morgan fingerprint density at radius 2 is 1.70 bits per heavy atom. The smallest absolute Gasteiger partial charge is 0.148 e. The summed E-state index contributed by atoms with van der Waals surface area (Å²) in [6, 6.07) is 12.2. The predicted molar refractivity (Wildman–Crippen MR) is 101 cm³/mol. The first-order chi connectivity index (χ1) is 11.0. The SMILES string of the molecule is COc1ccccc1CNCc1cc(Br)c(OC(C)C)c(Br)c1. The van der Waals surface area contributed by atoms with E-state index < -0.39 is 0 Å². The van der Waals surface area contributed by atoms with Crippen molar-refractivity contribution in [2.45, 2.75) is 33.0 Å². The highest BCUT2D eigenvalue weighted by atomic mass is 79.9. The van der Waals surface area contributed by atoms with E-state index in [1.165, 1.54) is 5.56 Å². The van der Waals surface area contributed by atoms with Crippen LogP contribution in [0.2, 0.25) is 0 Å². The van der Waals surface area contributed by atoms with Gasteiger partial charge in [-0.3, -0.25) is 0 Å². The molecular weight excluding hydrogens is 422 g/mol. The van der Waals surface area contributed by atoms with Crippen molar-refractivity contribution in [1.82, 2.24) is 5.32 Å². The molecule has 0 atom stereocenters. The van der Waals surface area contributed by atoms with E-state index in [1.807, 2.05) is 32.0 Å². The highest BCUT2D eigenvalue weighted by Crippen LogP contribution is 2.35. The molecule has 23 heavy (non-hydrogen) atoms. The van der Waals surface area contributed by atoms with Crippen LogP contribution < -0.4 is 14.8 Å². The van der Waals surface area contributed by atoms with Gasteiger partial charge in [0.25, 0.3) is 0 Å². The zero-order chi connectivity index (χ0) is 16.8. The van der Waals surface area contributed by atoms with Crippen LogP contribution >= 0.6 is 31.9 Å². The summed E-state index contributed by atoms with van der Waals surface area (Å²) < 4.78 is 13.1. The predicted octanol–water partition coefficient (Wildman–Crippen LogP) is 5.30. The van der Waals surface area contributed by atoms with Gasteiger partial charge in [0.15, 0.2) is 0 Å². The van der Waals surface area contributed by atoms with E-state index in [9.17, 15) is 0 Å². The summed E-state index contributed by atoms with van der Waals surface area (Å²) in [4.78, 5) is 0. The van der Waals surface area contributed by atoms with Crippen LogP contribution in [0.15, 0.2) is 45.3 Å². The average Bonchev–Trinajstić information content (AvgIpc) is 2.51. The molecule has 0 fully saturated rings. The van der Waals surface area contributed by atoms with Gasteiger partial charge in [-0.15, -0.1) is 0 Å². The van der Waals surface area contributed by atoms with Gasteiger partial charge in [-0.25, -0.2) is 0 Å². The zero-order valence-corrected chi connectivity index (χ0v) is 16.7. The number of benzene rings is 2. The van der Waals surface area contributed by atoms with E-state index in [2.05, 4.69) is 55.4 Å². The molecule has 0 spiro atoms. The third kappa shape index (κ3) is 5.23. The van der Waals surface area contributed by atoms with Crippen molar-refractivity contribution in [3.05, 3.63) is 56.5 Å². The molecule has 3 nitrogen and oxygen atoms in total. The van der Waals surface area contributed by atoms with Gasteiger partial charge in [0.05, 0.1) is 22.2 Å². The Bertz CT molecular complexity index is 636. The van der Waals surface area contributed by atoms with Gasteiger partial charge in [0.1, 0.15) is 11.5 Å². The summed E-state index contributed by atoms with van der Waals surface area (Å²) in [6.45, 7) is 5.55. The molecule has 0 aliphatic carbocycles. The highest BCUT2D eigenvalue weighted by molar-refractivity contribution is 9.11. The molecule has 0 saturated carbocycles. The van der Waals surface area contributed by atoms with Gasteiger partial charge in [0, 0.05) is 18.7 Å². The topological polar surface area (TPSA) is 30.5 Å². The molecule has 0 amide bonds. The minimum Gasteiger partial charge on any atom is -0.496 e. The first-order valence-corrected chi connectivity index (χ1v) is 9.07. The van der Waals surface area contributed by atoms with Crippen LogP contribution in [0.25, 0.3) is 0 Å². The molecule has 124 valence electrons. The van der Waals surface area contributed by atoms with Gasteiger partial charge >= 0.3 is 0 Å². The van der Waals surface area contributed by atoms with E-state index in [0.29, 0.717) is 0 Å². The Morgan fingerprint density at radius 3 is 2.30 bits per heavy atom. The summed E-state index contributed by atoms with van der Waals surface area (Å²) in [7, 11) is 1.69. The number of ether oxygens (including phenoxy) is 2. The van der Waals surface area contributed by atoms with Crippen LogP contribution in [0.5, 0.6) is 11.5 Å². The van der Waals surface area contributed by atoms with Gasteiger partial charge in [-0.05, 0) is 69.5 Å². The fourth-order valence-electron chi connectivity index (χ4n) is 2.25. The lowest BCUT2D eigenvalue weighted by atomic mass is 10.2. The van der Waals surface area contributed by atoms with E-state index in [4.69, 9.17) is 9.47 Å². The third-order valence-corrected chi connectivity index (χ3v) is 4.43. The lowest BCUT2D eigenvalue weighted by Gasteiger charge is -2.15. The van der Waals surface area contributed by atoms with Gasteiger partial charge in [-0.1, -0.05) is 18.2 Å². The van der Waals surface area contributed by atoms with Crippen LogP contribution in [-0.4, -0.2) is 13.2 Å². The van der Waals surface area contributed by atoms with E-state index >= 15 is 0 Å². The molecule has 0 saturated heterocycles. The van der Waals surface area contributed by atoms with Crippen LogP contribution in [-0.2, 0) is 13.1 Å². The standard InChI is InChI=1S/C18H21Br2NO2/c1-12(2)23-18-15(19)8-13(9-16(18)20)10-21-11-14-6-4-5-7-17(14)22-3/h4-9,12,21H,10-11H2,1-3H3. The van der Waals surface area contributed by atoms with Crippen molar-refractivity contribution in [2.75, 3.05) is 7.11 Å². The monoisotopic (exact) mass is 441 g/mol. The summed E-state index contributed by atoms with van der Waals surface area (Å²) in [6.07, 6.45) is 0.136. The Labute approximate surface area is 154 Å². The Kier molecular flexibility index (Phi) is 6.93. The number of nitrogens with one attached hydrogen (secondary N) is 1. The lowest BCUT2D eigenvalue weighted by Crippen LogP contribution is -2.14. The molecule has 2 aromatic rings. The molecule has 0 aliphatic rings. The van der Waals surface area contributed by atoms with Crippen molar-refractivity contribution in [2.24, 2.45) is 0 Å². The molecule has 1 N–H and O–H groups in total.